The molecule has 1 saturated heterocycles. The number of hydrogen-bond donors (Lipinski definition) is 1. The number of likely N-dealkylation sites (tertiary alicyclic amines) is 1. The van der Waals surface area contributed by atoms with Crippen molar-refractivity contribution in [1.29, 1.82) is 0 Å². The zero-order valence-corrected chi connectivity index (χ0v) is 16.9. The van der Waals surface area contributed by atoms with Crippen LogP contribution in [0.15, 0.2) is 54.6 Å². The number of benzene rings is 2. The Hall–Kier alpha value is -3.15. The fraction of sp³-hybridized carbons (Fsp3) is 0.348. The Labute approximate surface area is 171 Å². The minimum Gasteiger partial charge on any atom is -0.344 e. The number of hydrogen-bond acceptors (Lipinski definition) is 3. The van der Waals surface area contributed by atoms with Gasteiger partial charge in [0.2, 0.25) is 11.8 Å². The van der Waals surface area contributed by atoms with Crippen molar-refractivity contribution < 1.29 is 14.4 Å². The Morgan fingerprint density at radius 2 is 1.69 bits per heavy atom. The first kappa shape index (κ1) is 20.6. The molecule has 3 amide bonds. The molecule has 2 aromatic rings. The zero-order valence-electron chi connectivity index (χ0n) is 16.9. The Balaban J connectivity index is 1.47. The third-order valence-electron chi connectivity index (χ3n) is 5.34. The molecule has 1 fully saturated rings. The van der Waals surface area contributed by atoms with Gasteiger partial charge in [0, 0.05) is 39.2 Å². The maximum Gasteiger partial charge on any atom is 0.251 e. The van der Waals surface area contributed by atoms with Crippen LogP contribution in [0.4, 0.5) is 0 Å². The number of carbonyl (C=O) groups excluding carboxylic acids is 3. The molecule has 1 heterocycles. The molecule has 0 bridgehead atoms. The second-order valence-electron chi connectivity index (χ2n) is 7.52. The van der Waals surface area contributed by atoms with Crippen molar-refractivity contribution in [3.8, 4) is 11.1 Å². The van der Waals surface area contributed by atoms with Gasteiger partial charge in [-0.3, -0.25) is 14.4 Å². The molecule has 0 aliphatic carbocycles. The molecule has 29 heavy (non-hydrogen) atoms. The SMILES string of the molecule is CC(=O)N1CCC(CN(C)C(=O)CNC(=O)c2ccc(-c3ccccc3)cc2)C1. The number of rotatable bonds is 6. The Kier molecular flexibility index (Phi) is 6.65. The van der Waals surface area contributed by atoms with E-state index in [9.17, 15) is 14.4 Å². The van der Waals surface area contributed by atoms with E-state index >= 15 is 0 Å². The van der Waals surface area contributed by atoms with Crippen LogP contribution in [-0.2, 0) is 9.59 Å². The first-order chi connectivity index (χ1) is 13.9. The Morgan fingerprint density at radius 3 is 2.31 bits per heavy atom. The zero-order chi connectivity index (χ0) is 20.8. The van der Waals surface area contributed by atoms with Gasteiger partial charge in [0.05, 0.1) is 6.54 Å². The lowest BCUT2D eigenvalue weighted by Gasteiger charge is -2.21. The Bertz CT molecular complexity index is 865. The van der Waals surface area contributed by atoms with Crippen LogP contribution in [0.2, 0.25) is 0 Å². The molecule has 1 N–H and O–H groups in total. The first-order valence-corrected chi connectivity index (χ1v) is 9.87. The van der Waals surface area contributed by atoms with Crippen LogP contribution in [0.25, 0.3) is 11.1 Å². The third kappa shape index (κ3) is 5.44. The van der Waals surface area contributed by atoms with E-state index in [1.165, 1.54) is 0 Å². The maximum absolute atomic E-state index is 12.4. The molecule has 1 unspecified atom stereocenters. The topological polar surface area (TPSA) is 69.7 Å². The van der Waals surface area contributed by atoms with E-state index in [1.54, 1.807) is 31.0 Å². The maximum atomic E-state index is 12.4. The van der Waals surface area contributed by atoms with Gasteiger partial charge in [-0.05, 0) is 35.6 Å². The monoisotopic (exact) mass is 393 g/mol. The van der Waals surface area contributed by atoms with Gasteiger partial charge in [-0.1, -0.05) is 42.5 Å². The fourth-order valence-corrected chi connectivity index (χ4v) is 3.59. The molecule has 1 atom stereocenters. The second kappa shape index (κ2) is 9.37. The van der Waals surface area contributed by atoms with Gasteiger partial charge in [0.1, 0.15) is 0 Å². The van der Waals surface area contributed by atoms with Crippen molar-refractivity contribution in [2.45, 2.75) is 13.3 Å². The number of carbonyl (C=O) groups is 3. The summed E-state index contributed by atoms with van der Waals surface area (Å²) in [4.78, 5) is 39.6. The average Bonchev–Trinajstić information content (AvgIpc) is 3.21. The highest BCUT2D eigenvalue weighted by Crippen LogP contribution is 2.19. The molecule has 0 spiro atoms. The molecule has 0 aromatic heterocycles. The highest BCUT2D eigenvalue weighted by atomic mass is 16.2. The average molecular weight is 393 g/mol. The molecule has 6 heteroatoms. The quantitative estimate of drug-likeness (QED) is 0.819. The van der Waals surface area contributed by atoms with Crippen molar-refractivity contribution in [3.05, 3.63) is 60.2 Å². The van der Waals surface area contributed by atoms with E-state index < -0.39 is 0 Å². The second-order valence-corrected chi connectivity index (χ2v) is 7.52. The van der Waals surface area contributed by atoms with E-state index in [0.29, 0.717) is 18.7 Å². The smallest absolute Gasteiger partial charge is 0.251 e. The van der Waals surface area contributed by atoms with Crippen LogP contribution in [0.5, 0.6) is 0 Å². The van der Waals surface area contributed by atoms with Gasteiger partial charge in [-0.15, -0.1) is 0 Å². The van der Waals surface area contributed by atoms with Gasteiger partial charge in [-0.25, -0.2) is 0 Å². The number of amides is 3. The fourth-order valence-electron chi connectivity index (χ4n) is 3.59. The van der Waals surface area contributed by atoms with Crippen molar-refractivity contribution in [1.82, 2.24) is 15.1 Å². The molecule has 1 aliphatic heterocycles. The summed E-state index contributed by atoms with van der Waals surface area (Å²) < 4.78 is 0. The minimum absolute atomic E-state index is 0.0427. The summed E-state index contributed by atoms with van der Waals surface area (Å²) in [7, 11) is 1.74. The number of nitrogens with zero attached hydrogens (tertiary/aromatic N) is 2. The predicted octanol–water partition coefficient (Wildman–Crippen LogP) is 2.41. The lowest BCUT2D eigenvalue weighted by molar-refractivity contribution is -0.129. The van der Waals surface area contributed by atoms with Gasteiger partial charge in [0.25, 0.3) is 5.91 Å². The van der Waals surface area contributed by atoms with Gasteiger partial charge in [-0.2, -0.15) is 0 Å². The lowest BCUT2D eigenvalue weighted by atomic mass is 10.0. The van der Waals surface area contributed by atoms with Crippen molar-refractivity contribution >= 4 is 17.7 Å². The van der Waals surface area contributed by atoms with Crippen molar-refractivity contribution in [2.75, 3.05) is 33.2 Å². The molecule has 2 aromatic carbocycles. The summed E-state index contributed by atoms with van der Waals surface area (Å²) >= 11 is 0. The van der Waals surface area contributed by atoms with Gasteiger partial charge < -0.3 is 15.1 Å². The van der Waals surface area contributed by atoms with E-state index in [-0.39, 0.29) is 30.2 Å². The van der Waals surface area contributed by atoms with Crippen LogP contribution in [0.3, 0.4) is 0 Å². The third-order valence-corrected chi connectivity index (χ3v) is 5.34. The minimum atomic E-state index is -0.269. The summed E-state index contributed by atoms with van der Waals surface area (Å²) in [5, 5.41) is 2.70. The molecular formula is C23H27N3O3. The Morgan fingerprint density at radius 1 is 1.03 bits per heavy atom. The summed E-state index contributed by atoms with van der Waals surface area (Å²) in [5.41, 5.74) is 2.65. The van der Waals surface area contributed by atoms with Crippen molar-refractivity contribution in [2.24, 2.45) is 5.92 Å². The van der Waals surface area contributed by atoms with E-state index in [2.05, 4.69) is 5.32 Å². The molecule has 6 nitrogen and oxygen atoms in total. The van der Waals surface area contributed by atoms with Crippen molar-refractivity contribution in [3.63, 3.8) is 0 Å². The molecular weight excluding hydrogens is 366 g/mol. The lowest BCUT2D eigenvalue weighted by Crippen LogP contribution is -2.40. The summed E-state index contributed by atoms with van der Waals surface area (Å²) in [6.07, 6.45) is 0.900. The van der Waals surface area contributed by atoms with Gasteiger partial charge in [0.15, 0.2) is 0 Å². The van der Waals surface area contributed by atoms with Crippen LogP contribution >= 0.6 is 0 Å². The van der Waals surface area contributed by atoms with Gasteiger partial charge >= 0.3 is 0 Å². The summed E-state index contributed by atoms with van der Waals surface area (Å²) in [6, 6.07) is 17.3. The largest absolute Gasteiger partial charge is 0.344 e. The number of likely N-dealkylation sites (N-methyl/N-ethyl adjacent to an activating group) is 1. The molecule has 3 rings (SSSR count). The standard InChI is InChI=1S/C23H27N3O3/c1-17(27)26-13-12-18(16-26)15-25(2)22(28)14-24-23(29)21-10-8-20(9-11-21)19-6-4-3-5-7-19/h3-11,18H,12-16H2,1-2H3,(H,24,29). The highest BCUT2D eigenvalue weighted by molar-refractivity contribution is 5.96. The van der Waals surface area contributed by atoms with E-state index in [4.69, 9.17) is 0 Å². The van der Waals surface area contributed by atoms with Crippen LogP contribution in [0.1, 0.15) is 23.7 Å². The first-order valence-electron chi connectivity index (χ1n) is 9.87. The normalized spacial score (nSPS) is 15.8. The van der Waals surface area contributed by atoms with E-state index in [0.717, 1.165) is 24.1 Å². The molecule has 152 valence electrons. The van der Waals surface area contributed by atoms with Crippen LogP contribution < -0.4 is 5.32 Å². The number of nitrogens with one attached hydrogen (secondary N) is 1. The summed E-state index contributed by atoms with van der Waals surface area (Å²) in [5.74, 6) is -0.0448. The molecule has 0 saturated carbocycles. The van der Waals surface area contributed by atoms with E-state index in [1.807, 2.05) is 47.4 Å². The highest BCUT2D eigenvalue weighted by Gasteiger charge is 2.26. The van der Waals surface area contributed by atoms with Crippen LogP contribution in [-0.4, -0.2) is 60.7 Å². The van der Waals surface area contributed by atoms with Crippen LogP contribution in [0, 0.1) is 5.92 Å². The molecule has 1 aliphatic rings. The molecule has 0 radical (unpaired) electrons. The summed E-state index contributed by atoms with van der Waals surface area (Å²) in [6.45, 7) is 3.55. The predicted molar refractivity (Wildman–Crippen MR) is 112 cm³/mol.